The van der Waals surface area contributed by atoms with Crippen molar-refractivity contribution in [3.05, 3.63) is 48.2 Å². The Hall–Kier alpha value is -2.56. The van der Waals surface area contributed by atoms with Crippen molar-refractivity contribution in [3.8, 4) is 5.75 Å². The van der Waals surface area contributed by atoms with Gasteiger partial charge in [-0.25, -0.2) is 4.98 Å². The first-order chi connectivity index (χ1) is 9.65. The van der Waals surface area contributed by atoms with Crippen LogP contribution in [0.25, 0.3) is 0 Å². The van der Waals surface area contributed by atoms with Crippen molar-refractivity contribution in [2.75, 3.05) is 31.4 Å². The lowest BCUT2D eigenvalue weighted by molar-refractivity contribution is 0.0988. The summed E-state index contributed by atoms with van der Waals surface area (Å²) in [6.45, 7) is 0. The fourth-order valence-corrected chi connectivity index (χ4v) is 1.80. The quantitative estimate of drug-likeness (QED) is 0.927. The van der Waals surface area contributed by atoms with E-state index >= 15 is 0 Å². The highest BCUT2D eigenvalue weighted by Crippen LogP contribution is 2.21. The Labute approximate surface area is 118 Å². The summed E-state index contributed by atoms with van der Waals surface area (Å²) in [5.41, 5.74) is 1.15. The second-order valence-corrected chi connectivity index (χ2v) is 4.22. The molecular weight excluding hydrogens is 254 g/mol. The Morgan fingerprint density at radius 3 is 2.70 bits per heavy atom. The summed E-state index contributed by atoms with van der Waals surface area (Å²) in [4.78, 5) is 18.2. The van der Waals surface area contributed by atoms with Crippen LogP contribution < -0.4 is 15.0 Å². The molecule has 5 nitrogen and oxygen atoms in total. The first-order valence-electron chi connectivity index (χ1n) is 6.22. The zero-order valence-electron chi connectivity index (χ0n) is 11.8. The van der Waals surface area contributed by atoms with Crippen molar-refractivity contribution in [2.24, 2.45) is 0 Å². The monoisotopic (exact) mass is 271 g/mol. The molecule has 5 heteroatoms. The summed E-state index contributed by atoms with van der Waals surface area (Å²) in [5, 5.41) is 2.92. The van der Waals surface area contributed by atoms with Gasteiger partial charge < -0.3 is 15.0 Å². The average molecular weight is 271 g/mol. The van der Waals surface area contributed by atoms with Gasteiger partial charge in [0.25, 0.3) is 5.91 Å². The third kappa shape index (κ3) is 2.88. The van der Waals surface area contributed by atoms with E-state index in [0.717, 1.165) is 5.69 Å². The standard InChI is InChI=1S/C15H17N3O2/c1-16-14-9-5-8-13(17-14)15(19)18(2)11-6-4-7-12(10-11)20-3/h4-10H,1-3H3,(H,16,17). The van der Waals surface area contributed by atoms with E-state index in [4.69, 9.17) is 4.74 Å². The molecule has 0 unspecified atom stereocenters. The number of nitrogens with one attached hydrogen (secondary N) is 1. The Kier molecular flexibility index (Phi) is 4.20. The van der Waals surface area contributed by atoms with E-state index in [1.165, 1.54) is 0 Å². The van der Waals surface area contributed by atoms with Crippen LogP contribution in [-0.2, 0) is 0 Å². The molecule has 0 saturated carbocycles. The number of anilines is 2. The lowest BCUT2D eigenvalue weighted by Crippen LogP contribution is -2.27. The second kappa shape index (κ2) is 6.06. The topological polar surface area (TPSA) is 54.5 Å². The van der Waals surface area contributed by atoms with Gasteiger partial charge in [-0.05, 0) is 24.3 Å². The molecule has 0 aliphatic rings. The van der Waals surface area contributed by atoms with Crippen molar-refractivity contribution in [2.45, 2.75) is 0 Å². The third-order valence-corrected chi connectivity index (χ3v) is 2.97. The number of hydrogen-bond acceptors (Lipinski definition) is 4. The zero-order valence-corrected chi connectivity index (χ0v) is 11.8. The molecule has 2 aromatic rings. The van der Waals surface area contributed by atoms with Gasteiger partial charge in [0.05, 0.1) is 7.11 Å². The zero-order chi connectivity index (χ0) is 14.5. The molecule has 104 valence electrons. The summed E-state index contributed by atoms with van der Waals surface area (Å²) in [5.74, 6) is 1.20. The van der Waals surface area contributed by atoms with E-state index in [1.54, 1.807) is 44.3 Å². The van der Waals surface area contributed by atoms with Gasteiger partial charge in [-0.15, -0.1) is 0 Å². The second-order valence-electron chi connectivity index (χ2n) is 4.22. The first kappa shape index (κ1) is 13.9. The summed E-state index contributed by atoms with van der Waals surface area (Å²) >= 11 is 0. The largest absolute Gasteiger partial charge is 0.497 e. The molecule has 0 radical (unpaired) electrons. The van der Waals surface area contributed by atoms with E-state index in [2.05, 4.69) is 10.3 Å². The van der Waals surface area contributed by atoms with Gasteiger partial charge in [0.15, 0.2) is 0 Å². The SMILES string of the molecule is CNc1cccc(C(=O)N(C)c2cccc(OC)c2)n1. The van der Waals surface area contributed by atoms with E-state index < -0.39 is 0 Å². The molecular formula is C15H17N3O2. The number of aromatic nitrogens is 1. The van der Waals surface area contributed by atoms with Crippen molar-refractivity contribution in [1.82, 2.24) is 4.98 Å². The number of carbonyl (C=O) groups excluding carboxylic acids is 1. The number of hydrogen-bond donors (Lipinski definition) is 1. The maximum Gasteiger partial charge on any atom is 0.276 e. The maximum atomic E-state index is 12.4. The smallest absolute Gasteiger partial charge is 0.276 e. The lowest BCUT2D eigenvalue weighted by Gasteiger charge is -2.17. The van der Waals surface area contributed by atoms with Gasteiger partial charge in [0.2, 0.25) is 0 Å². The summed E-state index contributed by atoms with van der Waals surface area (Å²) in [6, 6.07) is 12.6. The van der Waals surface area contributed by atoms with Gasteiger partial charge in [-0.1, -0.05) is 12.1 Å². The minimum Gasteiger partial charge on any atom is -0.497 e. The fourth-order valence-electron chi connectivity index (χ4n) is 1.80. The van der Waals surface area contributed by atoms with E-state index in [9.17, 15) is 4.79 Å². The lowest BCUT2D eigenvalue weighted by atomic mass is 10.2. The van der Waals surface area contributed by atoms with E-state index in [1.807, 2.05) is 24.3 Å². The molecule has 1 N–H and O–H groups in total. The highest BCUT2D eigenvalue weighted by molar-refractivity contribution is 6.04. The predicted octanol–water partition coefficient (Wildman–Crippen LogP) is 2.41. The highest BCUT2D eigenvalue weighted by Gasteiger charge is 2.15. The number of carbonyl (C=O) groups is 1. The number of ether oxygens (including phenoxy) is 1. The van der Waals surface area contributed by atoms with E-state index in [0.29, 0.717) is 17.3 Å². The molecule has 0 fully saturated rings. The van der Waals surface area contributed by atoms with Crippen molar-refractivity contribution in [1.29, 1.82) is 0 Å². The van der Waals surface area contributed by atoms with Crippen LogP contribution in [0.5, 0.6) is 5.75 Å². The molecule has 2 rings (SSSR count). The van der Waals surface area contributed by atoms with Crippen LogP contribution in [0.3, 0.4) is 0 Å². The molecule has 0 bridgehead atoms. The van der Waals surface area contributed by atoms with Gasteiger partial charge in [0, 0.05) is 25.8 Å². The van der Waals surface area contributed by atoms with Gasteiger partial charge >= 0.3 is 0 Å². The first-order valence-corrected chi connectivity index (χ1v) is 6.22. The number of nitrogens with zero attached hydrogens (tertiary/aromatic N) is 2. The molecule has 0 atom stereocenters. The Balaban J connectivity index is 2.27. The molecule has 1 heterocycles. The average Bonchev–Trinajstić information content (AvgIpc) is 2.53. The number of benzene rings is 1. The Morgan fingerprint density at radius 1 is 1.25 bits per heavy atom. The predicted molar refractivity (Wildman–Crippen MR) is 79.5 cm³/mol. The van der Waals surface area contributed by atoms with Crippen LogP contribution in [0.4, 0.5) is 11.5 Å². The van der Waals surface area contributed by atoms with Crippen LogP contribution in [0.2, 0.25) is 0 Å². The van der Waals surface area contributed by atoms with Crippen molar-refractivity contribution in [3.63, 3.8) is 0 Å². The Bertz CT molecular complexity index is 614. The minimum absolute atomic E-state index is 0.171. The highest BCUT2D eigenvalue weighted by atomic mass is 16.5. The molecule has 0 spiro atoms. The molecule has 20 heavy (non-hydrogen) atoms. The number of methoxy groups -OCH3 is 1. The normalized spacial score (nSPS) is 9.95. The third-order valence-electron chi connectivity index (χ3n) is 2.97. The van der Waals surface area contributed by atoms with Crippen LogP contribution in [0.15, 0.2) is 42.5 Å². The molecule has 1 aromatic heterocycles. The van der Waals surface area contributed by atoms with Crippen LogP contribution >= 0.6 is 0 Å². The van der Waals surface area contributed by atoms with Crippen LogP contribution in [-0.4, -0.2) is 32.1 Å². The maximum absolute atomic E-state index is 12.4. The number of rotatable bonds is 4. The summed E-state index contributed by atoms with van der Waals surface area (Å²) in [7, 11) is 5.08. The van der Waals surface area contributed by atoms with E-state index in [-0.39, 0.29) is 5.91 Å². The number of pyridine rings is 1. The van der Waals surface area contributed by atoms with Crippen molar-refractivity contribution < 1.29 is 9.53 Å². The summed E-state index contributed by atoms with van der Waals surface area (Å²) in [6.07, 6.45) is 0. The molecule has 1 amide bonds. The van der Waals surface area contributed by atoms with Crippen LogP contribution in [0, 0.1) is 0 Å². The Morgan fingerprint density at radius 2 is 2.00 bits per heavy atom. The van der Waals surface area contributed by atoms with Crippen molar-refractivity contribution >= 4 is 17.4 Å². The van der Waals surface area contributed by atoms with Gasteiger partial charge in [-0.2, -0.15) is 0 Å². The van der Waals surface area contributed by atoms with Gasteiger partial charge in [-0.3, -0.25) is 4.79 Å². The molecule has 0 aliphatic heterocycles. The van der Waals surface area contributed by atoms with Crippen LogP contribution in [0.1, 0.15) is 10.5 Å². The van der Waals surface area contributed by atoms with Gasteiger partial charge in [0.1, 0.15) is 17.3 Å². The molecule has 0 aliphatic carbocycles. The molecule has 0 saturated heterocycles. The fraction of sp³-hybridized carbons (Fsp3) is 0.200. The molecule has 1 aromatic carbocycles. The summed E-state index contributed by atoms with van der Waals surface area (Å²) < 4.78 is 5.16. The minimum atomic E-state index is -0.171. The number of amides is 1.